The number of carbonyl (C=O) groups is 2. The van der Waals surface area contributed by atoms with Gasteiger partial charge >= 0.3 is 12.1 Å². The molecule has 0 fully saturated rings. The Kier molecular flexibility index (Phi) is 15.0. The van der Waals surface area contributed by atoms with Crippen LogP contribution in [0.25, 0.3) is 22.5 Å². The van der Waals surface area contributed by atoms with Gasteiger partial charge in [-0.3, -0.25) is 0 Å². The summed E-state index contributed by atoms with van der Waals surface area (Å²) < 4.78 is 88.9. The van der Waals surface area contributed by atoms with Gasteiger partial charge in [0, 0.05) is 25.2 Å². The maximum atomic E-state index is 16.0. The highest BCUT2D eigenvalue weighted by Crippen LogP contribution is 2.43. The maximum absolute atomic E-state index is 16.0. The normalized spacial score (nSPS) is 11.8. The summed E-state index contributed by atoms with van der Waals surface area (Å²) in [5, 5.41) is 15.7. The van der Waals surface area contributed by atoms with Crippen molar-refractivity contribution in [2.45, 2.75) is 55.8 Å². The summed E-state index contributed by atoms with van der Waals surface area (Å²) in [5.41, 5.74) is 7.41. The molecule has 0 saturated heterocycles. The van der Waals surface area contributed by atoms with Crippen molar-refractivity contribution < 1.29 is 50.1 Å². The zero-order valence-corrected chi connectivity index (χ0v) is 39.1. The molecule has 18 nitrogen and oxygen atoms in total. The first-order valence-corrected chi connectivity index (χ1v) is 23.5. The summed E-state index contributed by atoms with van der Waals surface area (Å²) in [6.45, 7) is 4.09. The second kappa shape index (κ2) is 20.4. The molecule has 66 heavy (non-hydrogen) atoms. The number of methoxy groups -OCH3 is 4. The number of aromatic nitrogens is 4. The van der Waals surface area contributed by atoms with Crippen LogP contribution in [0.5, 0.6) is 17.2 Å². The molecule has 0 atom stereocenters. The molecule has 0 aliphatic carbocycles. The van der Waals surface area contributed by atoms with E-state index in [0.717, 1.165) is 15.9 Å². The molecule has 1 heterocycles. The Morgan fingerprint density at radius 3 is 1.79 bits per heavy atom. The second-order valence-corrected chi connectivity index (χ2v) is 19.7. The summed E-state index contributed by atoms with van der Waals surface area (Å²) >= 11 is 0. The Balaban J connectivity index is 1.64. The van der Waals surface area contributed by atoms with E-state index < -0.39 is 59.6 Å². The van der Waals surface area contributed by atoms with Crippen molar-refractivity contribution in [3.05, 3.63) is 125 Å². The monoisotopic (exact) mass is 941 g/mol. The number of nitrogen functional groups attached to an aromatic ring is 1. The number of para-hydroxylation sites is 1. The summed E-state index contributed by atoms with van der Waals surface area (Å²) in [5.74, 6) is -0.121. The van der Waals surface area contributed by atoms with Crippen LogP contribution in [-0.4, -0.2) is 99.7 Å². The number of esters is 1. The van der Waals surface area contributed by atoms with Gasteiger partial charge in [0.05, 0.1) is 62.4 Å². The smallest absolute Gasteiger partial charge is 0.407 e. The van der Waals surface area contributed by atoms with Crippen LogP contribution in [0.1, 0.15) is 47.8 Å². The highest BCUT2D eigenvalue weighted by atomic mass is 32.2. The standard InChI is InChI=1S/C46H51N7O11S2/c1-46(2,3)64-45(55)48-25-26-65(56,57)39-24-23-36(37-9-8-10-38(41(37)47)44(54)63-7)40(43-49-51-53(50-43)29-32-15-21-35(62-6)22-16-32)42(39)66(58,59)52(27-30-11-17-33(60-4)18-12-30)28-31-13-19-34(61-5)20-14-31/h8-24H,25-29,47H2,1-7H3,(H,48,55). The van der Waals surface area contributed by atoms with Crippen LogP contribution >= 0.6 is 0 Å². The Bertz CT molecular complexity index is 2850. The van der Waals surface area contributed by atoms with Gasteiger partial charge in [-0.1, -0.05) is 54.6 Å². The summed E-state index contributed by atoms with van der Waals surface area (Å²) in [6, 6.07) is 27.6. The van der Waals surface area contributed by atoms with E-state index in [1.165, 1.54) is 51.4 Å². The molecule has 1 amide bonds. The number of ether oxygens (including phenoxy) is 5. The van der Waals surface area contributed by atoms with E-state index in [2.05, 4.69) is 20.7 Å². The van der Waals surface area contributed by atoms with E-state index in [4.69, 9.17) is 29.4 Å². The van der Waals surface area contributed by atoms with E-state index in [1.54, 1.807) is 99.6 Å². The van der Waals surface area contributed by atoms with Gasteiger partial charge in [-0.25, -0.2) is 26.4 Å². The Morgan fingerprint density at radius 1 is 0.727 bits per heavy atom. The zero-order chi connectivity index (χ0) is 47.8. The molecule has 6 aromatic rings. The van der Waals surface area contributed by atoms with Crippen molar-refractivity contribution >= 4 is 37.6 Å². The molecule has 0 aliphatic rings. The summed E-state index contributed by atoms with van der Waals surface area (Å²) in [7, 11) is -3.90. The average molecular weight is 942 g/mol. The van der Waals surface area contributed by atoms with Crippen LogP contribution in [0, 0.1) is 0 Å². The molecule has 0 unspecified atom stereocenters. The number of tetrazole rings is 1. The molecular formula is C46H51N7O11S2. The second-order valence-electron chi connectivity index (χ2n) is 15.8. The molecule has 0 saturated carbocycles. The van der Waals surface area contributed by atoms with Gasteiger partial charge in [0.1, 0.15) is 27.7 Å². The van der Waals surface area contributed by atoms with Gasteiger partial charge in [-0.05, 0) is 96.8 Å². The first-order chi connectivity index (χ1) is 31.4. The molecular weight excluding hydrogens is 891 g/mol. The number of carbonyl (C=O) groups excluding carboxylic acids is 2. The van der Waals surface area contributed by atoms with Gasteiger partial charge in [0.25, 0.3) is 0 Å². The topological polar surface area (TPSA) is 233 Å². The molecule has 1 aromatic heterocycles. The number of rotatable bonds is 18. The fraction of sp³-hybridized carbons (Fsp3) is 0.283. The molecule has 0 aliphatic heterocycles. The molecule has 0 radical (unpaired) electrons. The Labute approximate surface area is 383 Å². The summed E-state index contributed by atoms with van der Waals surface area (Å²) in [4.78, 5) is 25.5. The number of amides is 1. The van der Waals surface area contributed by atoms with Crippen molar-refractivity contribution in [2.75, 3.05) is 46.5 Å². The highest BCUT2D eigenvalue weighted by Gasteiger charge is 2.38. The molecule has 5 aromatic carbocycles. The van der Waals surface area contributed by atoms with Gasteiger partial charge in [-0.2, -0.15) is 9.10 Å². The van der Waals surface area contributed by atoms with Gasteiger partial charge in [0.15, 0.2) is 9.84 Å². The van der Waals surface area contributed by atoms with Crippen molar-refractivity contribution in [2.24, 2.45) is 0 Å². The molecule has 0 spiro atoms. The van der Waals surface area contributed by atoms with Gasteiger partial charge in [0.2, 0.25) is 15.8 Å². The lowest BCUT2D eigenvalue weighted by atomic mass is 9.95. The van der Waals surface area contributed by atoms with E-state index >= 15 is 8.42 Å². The number of hydrogen-bond acceptors (Lipinski definition) is 15. The SMILES string of the molecule is COC(=O)c1cccc(-c2ccc(S(=O)(=O)CCNC(=O)OC(C)(C)C)c(S(=O)(=O)N(Cc3ccc(OC)cc3)Cc3ccc(OC)cc3)c2-c2nnn(Cc3ccc(OC)cc3)n2)c1N. The third-order valence-corrected chi connectivity index (χ3v) is 13.8. The lowest BCUT2D eigenvalue weighted by Gasteiger charge is -2.26. The molecule has 3 N–H and O–H groups in total. The van der Waals surface area contributed by atoms with Crippen molar-refractivity contribution in [3.63, 3.8) is 0 Å². The number of sulfone groups is 1. The fourth-order valence-corrected chi connectivity index (χ4v) is 10.5. The van der Waals surface area contributed by atoms with Crippen LogP contribution < -0.4 is 25.3 Å². The third kappa shape index (κ3) is 11.4. The van der Waals surface area contributed by atoms with Gasteiger partial charge in [-0.15, -0.1) is 10.2 Å². The molecule has 348 valence electrons. The van der Waals surface area contributed by atoms with E-state index in [1.807, 2.05) is 0 Å². The number of nitrogens with two attached hydrogens (primary N) is 1. The summed E-state index contributed by atoms with van der Waals surface area (Å²) in [6.07, 6.45) is -0.870. The fourth-order valence-electron chi connectivity index (χ4n) is 6.84. The first kappa shape index (κ1) is 48.4. The number of benzene rings is 5. The van der Waals surface area contributed by atoms with Crippen LogP contribution in [0.15, 0.2) is 113 Å². The van der Waals surface area contributed by atoms with Crippen molar-refractivity contribution in [1.82, 2.24) is 29.8 Å². The van der Waals surface area contributed by atoms with E-state index in [0.29, 0.717) is 28.4 Å². The number of sulfonamides is 1. The number of anilines is 1. The highest BCUT2D eigenvalue weighted by molar-refractivity contribution is 7.93. The molecule has 0 bridgehead atoms. The molecule has 6 rings (SSSR count). The van der Waals surface area contributed by atoms with Crippen molar-refractivity contribution in [3.8, 4) is 39.8 Å². The van der Waals surface area contributed by atoms with E-state index in [-0.39, 0.29) is 53.4 Å². The van der Waals surface area contributed by atoms with Crippen LogP contribution in [-0.2, 0) is 49.0 Å². The lowest BCUT2D eigenvalue weighted by Crippen LogP contribution is -2.35. The maximum Gasteiger partial charge on any atom is 0.407 e. The number of nitrogens with one attached hydrogen (secondary N) is 1. The Morgan fingerprint density at radius 2 is 1.27 bits per heavy atom. The molecule has 20 heteroatoms. The lowest BCUT2D eigenvalue weighted by molar-refractivity contribution is 0.0530. The van der Waals surface area contributed by atoms with E-state index in [9.17, 15) is 18.0 Å². The minimum absolute atomic E-state index is 0.0352. The minimum Gasteiger partial charge on any atom is -0.497 e. The van der Waals surface area contributed by atoms with Gasteiger partial charge < -0.3 is 34.7 Å². The van der Waals surface area contributed by atoms with Crippen LogP contribution in [0.4, 0.5) is 10.5 Å². The quantitative estimate of drug-likeness (QED) is 0.0728. The average Bonchev–Trinajstić information content (AvgIpc) is 3.76. The predicted octanol–water partition coefficient (Wildman–Crippen LogP) is 6.14. The third-order valence-electron chi connectivity index (χ3n) is 10.1. The van der Waals surface area contributed by atoms with Crippen LogP contribution in [0.3, 0.4) is 0 Å². The van der Waals surface area contributed by atoms with Crippen molar-refractivity contribution in [1.29, 1.82) is 0 Å². The predicted molar refractivity (Wildman–Crippen MR) is 245 cm³/mol. The number of alkyl carbamates (subject to hydrolysis) is 1. The Hall–Kier alpha value is -7.03. The minimum atomic E-state index is -5.00. The zero-order valence-electron chi connectivity index (χ0n) is 37.5. The number of nitrogens with zero attached hydrogens (tertiary/aromatic N) is 5. The van der Waals surface area contributed by atoms with Crippen LogP contribution in [0.2, 0.25) is 0 Å². The number of hydrogen-bond donors (Lipinski definition) is 2. The first-order valence-electron chi connectivity index (χ1n) is 20.4. The largest absolute Gasteiger partial charge is 0.497 e.